The molecule has 1 amide bonds. The molecule has 1 aromatic heterocycles. The lowest BCUT2D eigenvalue weighted by atomic mass is 9.88. The van der Waals surface area contributed by atoms with Gasteiger partial charge in [-0.25, -0.2) is 14.4 Å². The molecule has 1 atom stereocenters. The SMILES string of the molecule is CN(C)c1ncc(-c2cccc(F)c2)c(C2CCN(C(=O)C3CCCO3)CC2)n1. The van der Waals surface area contributed by atoms with Gasteiger partial charge in [0.05, 0.1) is 5.69 Å². The first-order valence-corrected chi connectivity index (χ1v) is 10.2. The van der Waals surface area contributed by atoms with Gasteiger partial charge in [0, 0.05) is 51.5 Å². The minimum atomic E-state index is -0.276. The number of aromatic nitrogens is 2. The number of benzene rings is 1. The van der Waals surface area contributed by atoms with Crippen molar-refractivity contribution in [3.8, 4) is 11.1 Å². The summed E-state index contributed by atoms with van der Waals surface area (Å²) in [6, 6.07) is 6.55. The van der Waals surface area contributed by atoms with Crippen LogP contribution < -0.4 is 4.90 Å². The van der Waals surface area contributed by atoms with Crippen molar-refractivity contribution >= 4 is 11.9 Å². The van der Waals surface area contributed by atoms with Gasteiger partial charge in [-0.15, -0.1) is 0 Å². The van der Waals surface area contributed by atoms with Crippen molar-refractivity contribution in [2.45, 2.75) is 37.7 Å². The lowest BCUT2D eigenvalue weighted by molar-refractivity contribution is -0.142. The van der Waals surface area contributed by atoms with Gasteiger partial charge >= 0.3 is 0 Å². The van der Waals surface area contributed by atoms with Crippen LogP contribution in [0.1, 0.15) is 37.3 Å². The summed E-state index contributed by atoms with van der Waals surface area (Å²) in [5.41, 5.74) is 2.57. The van der Waals surface area contributed by atoms with Gasteiger partial charge in [-0.1, -0.05) is 12.1 Å². The maximum absolute atomic E-state index is 13.8. The standard InChI is InChI=1S/C22H27FN4O2/c1-26(2)22-24-14-18(16-5-3-6-17(23)13-16)20(25-22)15-8-10-27(11-9-15)21(28)19-7-4-12-29-19/h3,5-6,13-15,19H,4,7-12H2,1-2H3. The molecule has 7 heteroatoms. The maximum Gasteiger partial charge on any atom is 0.251 e. The van der Waals surface area contributed by atoms with Crippen LogP contribution in [0.4, 0.5) is 10.3 Å². The number of likely N-dealkylation sites (tertiary alicyclic amines) is 1. The zero-order valence-electron chi connectivity index (χ0n) is 17.0. The molecule has 0 spiro atoms. The summed E-state index contributed by atoms with van der Waals surface area (Å²) in [5, 5.41) is 0. The first-order valence-electron chi connectivity index (χ1n) is 10.2. The molecule has 3 heterocycles. The molecule has 0 N–H and O–H groups in total. The number of nitrogens with zero attached hydrogens (tertiary/aromatic N) is 4. The molecule has 2 saturated heterocycles. The second-order valence-corrected chi connectivity index (χ2v) is 7.97. The molecule has 2 aliphatic heterocycles. The summed E-state index contributed by atoms with van der Waals surface area (Å²) >= 11 is 0. The van der Waals surface area contributed by atoms with E-state index in [0.29, 0.717) is 25.6 Å². The molecule has 154 valence electrons. The molecule has 1 aromatic carbocycles. The number of amides is 1. The fourth-order valence-corrected chi connectivity index (χ4v) is 4.14. The van der Waals surface area contributed by atoms with Gasteiger partial charge in [-0.05, 0) is 43.4 Å². The highest BCUT2D eigenvalue weighted by molar-refractivity contribution is 5.81. The van der Waals surface area contributed by atoms with Crippen LogP contribution in [0.2, 0.25) is 0 Å². The zero-order chi connectivity index (χ0) is 20.4. The third kappa shape index (κ3) is 4.24. The van der Waals surface area contributed by atoms with E-state index in [0.717, 1.165) is 42.5 Å². The first kappa shape index (κ1) is 19.8. The van der Waals surface area contributed by atoms with Crippen LogP contribution in [0.3, 0.4) is 0 Å². The Labute approximate surface area is 170 Å². The minimum absolute atomic E-state index is 0.114. The average Bonchev–Trinajstić information content (AvgIpc) is 3.28. The summed E-state index contributed by atoms with van der Waals surface area (Å²) in [5.74, 6) is 0.673. The van der Waals surface area contributed by atoms with E-state index >= 15 is 0 Å². The molecular formula is C22H27FN4O2. The van der Waals surface area contributed by atoms with Gasteiger partial charge in [-0.2, -0.15) is 0 Å². The predicted octanol–water partition coefficient (Wildman–Crippen LogP) is 3.23. The first-order chi connectivity index (χ1) is 14.0. The number of hydrogen-bond donors (Lipinski definition) is 0. The van der Waals surface area contributed by atoms with Crippen molar-refractivity contribution in [3.63, 3.8) is 0 Å². The molecule has 0 radical (unpaired) electrons. The van der Waals surface area contributed by atoms with E-state index in [1.54, 1.807) is 12.3 Å². The van der Waals surface area contributed by atoms with Gasteiger partial charge in [0.1, 0.15) is 11.9 Å². The molecule has 2 fully saturated rings. The van der Waals surface area contributed by atoms with Crippen molar-refractivity contribution < 1.29 is 13.9 Å². The van der Waals surface area contributed by atoms with E-state index in [1.807, 2.05) is 30.0 Å². The molecule has 2 aromatic rings. The van der Waals surface area contributed by atoms with Gasteiger partial charge in [0.25, 0.3) is 5.91 Å². The van der Waals surface area contributed by atoms with Crippen LogP contribution in [0, 0.1) is 5.82 Å². The highest BCUT2D eigenvalue weighted by Crippen LogP contribution is 2.35. The summed E-state index contributed by atoms with van der Waals surface area (Å²) in [4.78, 5) is 25.7. The Balaban J connectivity index is 1.57. The molecule has 0 saturated carbocycles. The number of carbonyl (C=O) groups excluding carboxylic acids is 1. The van der Waals surface area contributed by atoms with Crippen molar-refractivity contribution in [2.75, 3.05) is 38.7 Å². The molecule has 1 unspecified atom stereocenters. The van der Waals surface area contributed by atoms with E-state index < -0.39 is 0 Å². The number of hydrogen-bond acceptors (Lipinski definition) is 5. The molecule has 0 aliphatic carbocycles. The Morgan fingerprint density at radius 2 is 2.03 bits per heavy atom. The second-order valence-electron chi connectivity index (χ2n) is 7.97. The monoisotopic (exact) mass is 398 g/mol. The number of carbonyl (C=O) groups is 1. The topological polar surface area (TPSA) is 58.6 Å². The number of rotatable bonds is 4. The largest absolute Gasteiger partial charge is 0.368 e. The van der Waals surface area contributed by atoms with Crippen LogP contribution in [0.25, 0.3) is 11.1 Å². The third-order valence-corrected chi connectivity index (χ3v) is 5.74. The van der Waals surface area contributed by atoms with Crippen molar-refractivity contribution in [2.24, 2.45) is 0 Å². The molecule has 0 bridgehead atoms. The van der Waals surface area contributed by atoms with Crippen molar-refractivity contribution in [3.05, 3.63) is 42.0 Å². The quantitative estimate of drug-likeness (QED) is 0.791. The van der Waals surface area contributed by atoms with Crippen LogP contribution in [0.15, 0.2) is 30.5 Å². The van der Waals surface area contributed by atoms with Crippen LogP contribution in [0.5, 0.6) is 0 Å². The number of anilines is 1. The van der Waals surface area contributed by atoms with E-state index in [4.69, 9.17) is 9.72 Å². The van der Waals surface area contributed by atoms with Crippen LogP contribution in [-0.4, -0.2) is 60.7 Å². The Morgan fingerprint density at radius 3 is 2.69 bits per heavy atom. The zero-order valence-corrected chi connectivity index (χ0v) is 17.0. The summed E-state index contributed by atoms with van der Waals surface area (Å²) < 4.78 is 19.4. The van der Waals surface area contributed by atoms with Gasteiger partial charge in [-0.3, -0.25) is 4.79 Å². The summed E-state index contributed by atoms with van der Waals surface area (Å²) in [6.07, 6.45) is 4.94. The molecular weight excluding hydrogens is 371 g/mol. The van der Waals surface area contributed by atoms with E-state index in [2.05, 4.69) is 4.98 Å². The van der Waals surface area contributed by atoms with Gasteiger partial charge in [0.2, 0.25) is 5.95 Å². The van der Waals surface area contributed by atoms with Crippen molar-refractivity contribution in [1.82, 2.24) is 14.9 Å². The van der Waals surface area contributed by atoms with Gasteiger partial charge < -0.3 is 14.5 Å². The molecule has 6 nitrogen and oxygen atoms in total. The Hall–Kier alpha value is -2.54. The smallest absolute Gasteiger partial charge is 0.251 e. The number of piperidine rings is 1. The van der Waals surface area contributed by atoms with E-state index in [1.165, 1.54) is 12.1 Å². The molecule has 29 heavy (non-hydrogen) atoms. The van der Waals surface area contributed by atoms with Crippen LogP contribution >= 0.6 is 0 Å². The minimum Gasteiger partial charge on any atom is -0.368 e. The fourth-order valence-electron chi connectivity index (χ4n) is 4.14. The Bertz CT molecular complexity index is 875. The number of ether oxygens (including phenoxy) is 1. The average molecular weight is 398 g/mol. The Morgan fingerprint density at radius 1 is 1.24 bits per heavy atom. The Kier molecular flexibility index (Phi) is 5.76. The van der Waals surface area contributed by atoms with Gasteiger partial charge in [0.15, 0.2) is 0 Å². The van der Waals surface area contributed by atoms with Crippen molar-refractivity contribution in [1.29, 1.82) is 0 Å². The molecule has 2 aliphatic rings. The van der Waals surface area contributed by atoms with E-state index in [-0.39, 0.29) is 23.7 Å². The third-order valence-electron chi connectivity index (χ3n) is 5.74. The normalized spacial score (nSPS) is 20.1. The summed E-state index contributed by atoms with van der Waals surface area (Å²) in [7, 11) is 3.81. The lowest BCUT2D eigenvalue weighted by Crippen LogP contribution is -2.43. The highest BCUT2D eigenvalue weighted by atomic mass is 19.1. The number of halogens is 1. The van der Waals surface area contributed by atoms with E-state index in [9.17, 15) is 9.18 Å². The maximum atomic E-state index is 13.8. The van der Waals surface area contributed by atoms with Crippen LogP contribution in [-0.2, 0) is 9.53 Å². The summed E-state index contributed by atoms with van der Waals surface area (Å²) in [6.45, 7) is 2.05. The lowest BCUT2D eigenvalue weighted by Gasteiger charge is -2.34. The predicted molar refractivity (Wildman–Crippen MR) is 109 cm³/mol. The highest BCUT2D eigenvalue weighted by Gasteiger charge is 2.32. The molecule has 4 rings (SSSR count). The fraction of sp³-hybridized carbons (Fsp3) is 0.500. The second kappa shape index (κ2) is 8.45.